The fraction of sp³-hybridized carbons (Fsp3) is 0.294. The lowest BCUT2D eigenvalue weighted by molar-refractivity contribution is -0.385. The highest BCUT2D eigenvalue weighted by molar-refractivity contribution is 9.10. The van der Waals surface area contributed by atoms with Crippen LogP contribution in [0.15, 0.2) is 28.9 Å². The molecule has 0 atom stereocenters. The van der Waals surface area contributed by atoms with Crippen LogP contribution in [0.25, 0.3) is 0 Å². The van der Waals surface area contributed by atoms with E-state index >= 15 is 0 Å². The Balaban J connectivity index is 1.89. The summed E-state index contributed by atoms with van der Waals surface area (Å²) in [6.07, 6.45) is 4.98. The fourth-order valence-electron chi connectivity index (χ4n) is 3.22. The van der Waals surface area contributed by atoms with Gasteiger partial charge in [-0.2, -0.15) is 0 Å². The van der Waals surface area contributed by atoms with Crippen molar-refractivity contribution in [1.29, 1.82) is 0 Å². The molecule has 6 heteroatoms. The Bertz CT molecular complexity index is 859. The molecule has 5 nitrogen and oxygen atoms in total. The number of nitrogens with zero attached hydrogens (tertiary/aromatic N) is 2. The molecule has 1 aromatic heterocycles. The Hall–Kier alpha value is -2.08. The van der Waals surface area contributed by atoms with Crippen molar-refractivity contribution in [3.05, 3.63) is 66.9 Å². The molecule has 0 unspecified atom stereocenters. The first-order chi connectivity index (χ1) is 11.0. The van der Waals surface area contributed by atoms with Gasteiger partial charge in [-0.05, 0) is 70.8 Å². The predicted octanol–water partition coefficient (Wildman–Crippen LogP) is 3.96. The molecule has 0 saturated heterocycles. The minimum Gasteiger partial charge on any atom is -0.287 e. The Kier molecular flexibility index (Phi) is 3.30. The van der Waals surface area contributed by atoms with Gasteiger partial charge < -0.3 is 0 Å². The third-order valence-corrected chi connectivity index (χ3v) is 4.96. The van der Waals surface area contributed by atoms with Gasteiger partial charge in [-0.1, -0.05) is 0 Å². The molecule has 0 N–H and O–H groups in total. The molecule has 0 bridgehead atoms. The largest absolute Gasteiger partial charge is 0.287 e. The van der Waals surface area contributed by atoms with Gasteiger partial charge in [0.2, 0.25) is 5.78 Å². The van der Waals surface area contributed by atoms with Crippen LogP contribution in [0.5, 0.6) is 0 Å². The Morgan fingerprint density at radius 1 is 1.17 bits per heavy atom. The summed E-state index contributed by atoms with van der Waals surface area (Å²) in [5.41, 5.74) is 3.46. The quantitative estimate of drug-likeness (QED) is 0.590. The normalized spacial score (nSPS) is 16.5. The third kappa shape index (κ3) is 2.47. The van der Waals surface area contributed by atoms with E-state index in [2.05, 4.69) is 20.9 Å². The van der Waals surface area contributed by atoms with E-state index < -0.39 is 0 Å². The second-order valence-corrected chi connectivity index (χ2v) is 7.01. The van der Waals surface area contributed by atoms with Crippen LogP contribution in [-0.2, 0) is 12.8 Å². The number of nitro groups is 1. The highest BCUT2D eigenvalue weighted by atomic mass is 79.9. The monoisotopic (exact) mass is 372 g/mol. The van der Waals surface area contributed by atoms with Gasteiger partial charge in [-0.3, -0.25) is 19.9 Å². The summed E-state index contributed by atoms with van der Waals surface area (Å²) in [4.78, 5) is 28.1. The SMILES string of the molecule is O=C1c2cc([N+](=O)[O-])c(C3CC3)cc2CCc2cc(Br)cnc21. The fourth-order valence-corrected chi connectivity index (χ4v) is 3.60. The Morgan fingerprint density at radius 2 is 1.91 bits per heavy atom. The maximum absolute atomic E-state index is 12.8. The highest BCUT2D eigenvalue weighted by Gasteiger charge is 2.34. The van der Waals surface area contributed by atoms with E-state index in [0.717, 1.165) is 34.0 Å². The van der Waals surface area contributed by atoms with Crippen molar-refractivity contribution < 1.29 is 9.72 Å². The number of fused-ring (bicyclic) bond motifs is 2. The molecule has 0 aliphatic heterocycles. The average molecular weight is 373 g/mol. The van der Waals surface area contributed by atoms with Gasteiger partial charge >= 0.3 is 0 Å². The Morgan fingerprint density at radius 3 is 2.61 bits per heavy atom. The molecular weight excluding hydrogens is 360 g/mol. The summed E-state index contributed by atoms with van der Waals surface area (Å²) < 4.78 is 0.833. The van der Waals surface area contributed by atoms with Crippen molar-refractivity contribution in [1.82, 2.24) is 4.98 Å². The van der Waals surface area contributed by atoms with Crippen LogP contribution in [0.3, 0.4) is 0 Å². The molecule has 1 saturated carbocycles. The topological polar surface area (TPSA) is 73.1 Å². The van der Waals surface area contributed by atoms with E-state index in [0.29, 0.717) is 24.1 Å². The number of hydrogen-bond acceptors (Lipinski definition) is 4. The van der Waals surface area contributed by atoms with Crippen LogP contribution in [0.2, 0.25) is 0 Å². The molecule has 0 radical (unpaired) electrons. The number of nitro benzene ring substituents is 1. The maximum atomic E-state index is 12.8. The van der Waals surface area contributed by atoms with E-state index in [9.17, 15) is 14.9 Å². The van der Waals surface area contributed by atoms with Crippen molar-refractivity contribution in [2.75, 3.05) is 0 Å². The van der Waals surface area contributed by atoms with Crippen LogP contribution >= 0.6 is 15.9 Å². The van der Waals surface area contributed by atoms with E-state index in [1.165, 1.54) is 6.07 Å². The number of rotatable bonds is 2. The van der Waals surface area contributed by atoms with Crippen LogP contribution in [0.4, 0.5) is 5.69 Å². The molecule has 1 heterocycles. The number of carbonyl (C=O) groups is 1. The van der Waals surface area contributed by atoms with Gasteiger partial charge in [0.15, 0.2) is 0 Å². The molecule has 23 heavy (non-hydrogen) atoms. The number of ketones is 1. The van der Waals surface area contributed by atoms with Crippen molar-refractivity contribution in [3.8, 4) is 0 Å². The van der Waals surface area contributed by atoms with Crippen molar-refractivity contribution >= 4 is 27.4 Å². The lowest BCUT2D eigenvalue weighted by Crippen LogP contribution is -2.08. The molecule has 2 aliphatic rings. The molecular formula is C17H13BrN2O3. The first-order valence-corrected chi connectivity index (χ1v) is 8.34. The zero-order valence-corrected chi connectivity index (χ0v) is 13.8. The van der Waals surface area contributed by atoms with E-state index in [-0.39, 0.29) is 22.3 Å². The zero-order chi connectivity index (χ0) is 16.1. The van der Waals surface area contributed by atoms with Crippen molar-refractivity contribution in [2.24, 2.45) is 0 Å². The predicted molar refractivity (Wildman–Crippen MR) is 87.8 cm³/mol. The highest BCUT2D eigenvalue weighted by Crippen LogP contribution is 2.45. The van der Waals surface area contributed by atoms with E-state index in [4.69, 9.17) is 0 Å². The summed E-state index contributed by atoms with van der Waals surface area (Å²) in [7, 11) is 0. The molecule has 0 amide bonds. The number of aryl methyl sites for hydroxylation is 2. The van der Waals surface area contributed by atoms with Crippen molar-refractivity contribution in [3.63, 3.8) is 0 Å². The number of hydrogen-bond donors (Lipinski definition) is 0. The van der Waals surface area contributed by atoms with Gasteiger partial charge in [-0.15, -0.1) is 0 Å². The van der Waals surface area contributed by atoms with Crippen LogP contribution in [0, 0.1) is 10.1 Å². The molecule has 0 spiro atoms. The maximum Gasteiger partial charge on any atom is 0.273 e. The molecule has 116 valence electrons. The number of pyridine rings is 1. The van der Waals surface area contributed by atoms with Gasteiger partial charge in [-0.25, -0.2) is 0 Å². The minimum atomic E-state index is -0.373. The molecule has 1 fully saturated rings. The third-order valence-electron chi connectivity index (χ3n) is 4.52. The van der Waals surface area contributed by atoms with Crippen LogP contribution < -0.4 is 0 Å². The number of halogens is 1. The second-order valence-electron chi connectivity index (χ2n) is 6.09. The standard InChI is InChI=1S/C17H13BrN2O3/c18-12-5-11-4-3-10-6-13(9-1-2-9)15(20(22)23)7-14(10)17(21)16(11)19-8-12/h5-9H,1-4H2. The van der Waals surface area contributed by atoms with Crippen molar-refractivity contribution in [2.45, 2.75) is 31.6 Å². The van der Waals surface area contributed by atoms with Gasteiger partial charge in [0.25, 0.3) is 5.69 Å². The van der Waals surface area contributed by atoms with Crippen LogP contribution in [0.1, 0.15) is 51.5 Å². The summed E-state index contributed by atoms with van der Waals surface area (Å²) in [6.45, 7) is 0. The number of benzene rings is 1. The van der Waals surface area contributed by atoms with Crippen LogP contribution in [-0.4, -0.2) is 15.7 Å². The number of carbonyl (C=O) groups excluding carboxylic acids is 1. The molecule has 2 aliphatic carbocycles. The second kappa shape index (κ2) is 5.23. The van der Waals surface area contributed by atoms with Gasteiger partial charge in [0.05, 0.1) is 4.92 Å². The Labute approximate surface area is 141 Å². The lowest BCUT2D eigenvalue weighted by Gasteiger charge is -2.08. The first kappa shape index (κ1) is 14.5. The van der Waals surface area contributed by atoms with Gasteiger partial charge in [0, 0.05) is 27.9 Å². The summed E-state index contributed by atoms with van der Waals surface area (Å²) in [5, 5.41) is 11.4. The summed E-state index contributed by atoms with van der Waals surface area (Å²) >= 11 is 3.38. The smallest absolute Gasteiger partial charge is 0.273 e. The summed E-state index contributed by atoms with van der Waals surface area (Å²) in [5.74, 6) is 0.0548. The minimum absolute atomic E-state index is 0.0696. The van der Waals surface area contributed by atoms with E-state index in [1.54, 1.807) is 6.20 Å². The average Bonchev–Trinajstić information content (AvgIpc) is 3.36. The zero-order valence-electron chi connectivity index (χ0n) is 12.2. The van der Waals surface area contributed by atoms with E-state index in [1.807, 2.05) is 12.1 Å². The molecule has 4 rings (SSSR count). The molecule has 2 aromatic rings. The summed E-state index contributed by atoms with van der Waals surface area (Å²) in [6, 6.07) is 5.25. The lowest BCUT2D eigenvalue weighted by atomic mass is 9.95. The van der Waals surface area contributed by atoms with Gasteiger partial charge in [0.1, 0.15) is 5.69 Å². The number of aromatic nitrogens is 1. The first-order valence-electron chi connectivity index (χ1n) is 7.55. The molecule has 1 aromatic carbocycles.